The highest BCUT2D eigenvalue weighted by Gasteiger charge is 2.10. The lowest BCUT2D eigenvalue weighted by Gasteiger charge is -2.10. The van der Waals surface area contributed by atoms with E-state index in [-0.39, 0.29) is 13.2 Å². The molecule has 8 heteroatoms. The van der Waals surface area contributed by atoms with Crippen LogP contribution in [0.4, 0.5) is 11.8 Å². The second-order valence-corrected chi connectivity index (χ2v) is 3.50. The molecule has 0 spiro atoms. The standard InChI is InChI=1S/C9H14N6O2/c1-10-9-13-7(11-2-5(17)4-16)6-3-12-15-8(6)14-9/h3,5,16-17H,2,4H2,1H3,(H3,10,11,12,13,14,15). The monoisotopic (exact) mass is 238 g/mol. The molecule has 8 nitrogen and oxygen atoms in total. The number of anilines is 2. The van der Waals surface area contributed by atoms with E-state index in [0.29, 0.717) is 17.4 Å². The maximum atomic E-state index is 9.27. The van der Waals surface area contributed by atoms with Gasteiger partial charge in [0.1, 0.15) is 5.82 Å². The molecule has 2 heterocycles. The molecule has 0 radical (unpaired) electrons. The van der Waals surface area contributed by atoms with Gasteiger partial charge in [0.2, 0.25) is 5.95 Å². The van der Waals surface area contributed by atoms with Crippen molar-refractivity contribution in [1.82, 2.24) is 20.2 Å². The van der Waals surface area contributed by atoms with E-state index < -0.39 is 6.10 Å². The van der Waals surface area contributed by atoms with E-state index in [9.17, 15) is 5.11 Å². The van der Waals surface area contributed by atoms with Crippen LogP contribution < -0.4 is 10.6 Å². The van der Waals surface area contributed by atoms with Gasteiger partial charge in [-0.25, -0.2) is 0 Å². The Morgan fingerprint density at radius 2 is 2.29 bits per heavy atom. The molecule has 0 saturated carbocycles. The number of aromatic nitrogens is 4. The molecule has 0 aliphatic carbocycles. The minimum absolute atomic E-state index is 0.205. The summed E-state index contributed by atoms with van der Waals surface area (Å²) in [7, 11) is 1.71. The summed E-state index contributed by atoms with van der Waals surface area (Å²) in [6, 6.07) is 0. The Balaban J connectivity index is 2.27. The summed E-state index contributed by atoms with van der Waals surface area (Å²) in [4.78, 5) is 8.38. The Kier molecular flexibility index (Phi) is 3.35. The van der Waals surface area contributed by atoms with Gasteiger partial charge in [-0.15, -0.1) is 0 Å². The zero-order valence-corrected chi connectivity index (χ0v) is 9.30. The zero-order valence-electron chi connectivity index (χ0n) is 9.30. The van der Waals surface area contributed by atoms with E-state index in [0.717, 1.165) is 5.39 Å². The van der Waals surface area contributed by atoms with E-state index >= 15 is 0 Å². The smallest absolute Gasteiger partial charge is 0.226 e. The highest BCUT2D eigenvalue weighted by atomic mass is 16.3. The first-order valence-electron chi connectivity index (χ1n) is 5.16. The molecule has 92 valence electrons. The van der Waals surface area contributed by atoms with Crippen molar-refractivity contribution in [3.63, 3.8) is 0 Å². The van der Waals surface area contributed by atoms with Gasteiger partial charge in [0.05, 0.1) is 24.3 Å². The molecular weight excluding hydrogens is 224 g/mol. The Morgan fingerprint density at radius 3 is 3.00 bits per heavy atom. The van der Waals surface area contributed by atoms with Crippen LogP contribution >= 0.6 is 0 Å². The number of aromatic amines is 1. The van der Waals surface area contributed by atoms with Gasteiger partial charge >= 0.3 is 0 Å². The van der Waals surface area contributed by atoms with Gasteiger partial charge in [-0.3, -0.25) is 5.10 Å². The number of nitrogens with one attached hydrogen (secondary N) is 3. The molecule has 17 heavy (non-hydrogen) atoms. The lowest BCUT2D eigenvalue weighted by atomic mass is 10.3. The molecule has 1 unspecified atom stereocenters. The summed E-state index contributed by atoms with van der Waals surface area (Å²) >= 11 is 0. The molecule has 5 N–H and O–H groups in total. The third-order valence-corrected chi connectivity index (χ3v) is 2.25. The number of rotatable bonds is 5. The lowest BCUT2D eigenvalue weighted by molar-refractivity contribution is 0.105. The van der Waals surface area contributed by atoms with Crippen LogP contribution in [0, 0.1) is 0 Å². The number of aliphatic hydroxyl groups excluding tert-OH is 2. The van der Waals surface area contributed by atoms with Crippen LogP contribution in [0.25, 0.3) is 11.0 Å². The van der Waals surface area contributed by atoms with Gasteiger partial charge in [-0.1, -0.05) is 0 Å². The first-order valence-corrected chi connectivity index (χ1v) is 5.16. The Hall–Kier alpha value is -1.93. The Morgan fingerprint density at radius 1 is 1.47 bits per heavy atom. The normalized spacial score (nSPS) is 12.6. The van der Waals surface area contributed by atoms with E-state index in [1.165, 1.54) is 0 Å². The van der Waals surface area contributed by atoms with Gasteiger partial charge in [0, 0.05) is 13.6 Å². The van der Waals surface area contributed by atoms with Crippen molar-refractivity contribution in [3.8, 4) is 0 Å². The van der Waals surface area contributed by atoms with Crippen LogP contribution in [0.1, 0.15) is 0 Å². The highest BCUT2D eigenvalue weighted by Crippen LogP contribution is 2.19. The molecule has 0 aliphatic rings. The van der Waals surface area contributed by atoms with Crippen LogP contribution in [0.3, 0.4) is 0 Å². The molecule has 0 fully saturated rings. The third kappa shape index (κ3) is 2.43. The van der Waals surface area contributed by atoms with Crippen LogP contribution in [0.5, 0.6) is 0 Å². The average Bonchev–Trinajstić information content (AvgIpc) is 2.83. The fraction of sp³-hybridized carbons (Fsp3) is 0.444. The second-order valence-electron chi connectivity index (χ2n) is 3.50. The van der Waals surface area contributed by atoms with E-state index in [1.807, 2.05) is 0 Å². The lowest BCUT2D eigenvalue weighted by Crippen LogP contribution is -2.23. The number of hydrogen-bond donors (Lipinski definition) is 5. The van der Waals surface area contributed by atoms with Gasteiger partial charge in [0.25, 0.3) is 0 Å². The van der Waals surface area contributed by atoms with Crippen molar-refractivity contribution in [1.29, 1.82) is 0 Å². The van der Waals surface area contributed by atoms with Gasteiger partial charge in [-0.05, 0) is 0 Å². The molecule has 1 atom stereocenters. The molecule has 0 aromatic carbocycles. The number of H-pyrrole nitrogens is 1. The molecule has 0 bridgehead atoms. The zero-order chi connectivity index (χ0) is 12.3. The van der Waals surface area contributed by atoms with E-state index in [2.05, 4.69) is 30.8 Å². The number of hydrogen-bond acceptors (Lipinski definition) is 7. The maximum absolute atomic E-state index is 9.27. The Bertz CT molecular complexity index is 499. The maximum Gasteiger partial charge on any atom is 0.226 e. The topological polar surface area (TPSA) is 119 Å². The fourth-order valence-electron chi connectivity index (χ4n) is 1.36. The van der Waals surface area contributed by atoms with Crippen molar-refractivity contribution < 1.29 is 10.2 Å². The van der Waals surface area contributed by atoms with Crippen molar-refractivity contribution in [2.24, 2.45) is 0 Å². The predicted molar refractivity (Wildman–Crippen MR) is 62.8 cm³/mol. The quantitative estimate of drug-likeness (QED) is 0.460. The molecule has 2 aromatic rings. The predicted octanol–water partition coefficient (Wildman–Crippen LogP) is -0.840. The van der Waals surface area contributed by atoms with Crippen molar-refractivity contribution in [3.05, 3.63) is 6.20 Å². The third-order valence-electron chi connectivity index (χ3n) is 2.25. The first-order chi connectivity index (χ1) is 8.24. The largest absolute Gasteiger partial charge is 0.394 e. The summed E-state index contributed by atoms with van der Waals surface area (Å²) in [6.07, 6.45) is 0.771. The minimum atomic E-state index is -0.829. The van der Waals surface area contributed by atoms with Crippen LogP contribution in [-0.4, -0.2) is 56.7 Å². The highest BCUT2D eigenvalue weighted by molar-refractivity contribution is 5.86. The van der Waals surface area contributed by atoms with Crippen molar-refractivity contribution in [2.45, 2.75) is 6.10 Å². The molecule has 2 rings (SSSR count). The van der Waals surface area contributed by atoms with Crippen LogP contribution in [-0.2, 0) is 0 Å². The van der Waals surface area contributed by atoms with Crippen LogP contribution in [0.15, 0.2) is 6.20 Å². The first kappa shape index (κ1) is 11.6. The summed E-state index contributed by atoms with van der Waals surface area (Å²) in [5, 5.41) is 31.1. The number of aliphatic hydroxyl groups is 2. The van der Waals surface area contributed by atoms with Gasteiger partial charge < -0.3 is 20.8 Å². The molecule has 0 amide bonds. The minimum Gasteiger partial charge on any atom is -0.394 e. The van der Waals surface area contributed by atoms with E-state index in [1.54, 1.807) is 13.2 Å². The van der Waals surface area contributed by atoms with Crippen molar-refractivity contribution >= 4 is 22.8 Å². The summed E-state index contributed by atoms with van der Waals surface area (Å²) in [5.74, 6) is 1.00. The fourth-order valence-corrected chi connectivity index (χ4v) is 1.36. The summed E-state index contributed by atoms with van der Waals surface area (Å²) < 4.78 is 0. The SMILES string of the molecule is CNc1nc(NCC(O)CO)c2cn[nH]c2n1. The summed E-state index contributed by atoms with van der Waals surface area (Å²) in [6.45, 7) is -0.0948. The number of fused-ring (bicyclic) bond motifs is 1. The van der Waals surface area contributed by atoms with Crippen LogP contribution in [0.2, 0.25) is 0 Å². The van der Waals surface area contributed by atoms with E-state index in [4.69, 9.17) is 5.11 Å². The second kappa shape index (κ2) is 4.93. The number of nitrogens with zero attached hydrogens (tertiary/aromatic N) is 3. The molecule has 0 saturated heterocycles. The van der Waals surface area contributed by atoms with Crippen molar-refractivity contribution in [2.75, 3.05) is 30.8 Å². The molecule has 2 aromatic heterocycles. The van der Waals surface area contributed by atoms with Gasteiger partial charge in [-0.2, -0.15) is 15.1 Å². The Labute approximate surface area is 97.1 Å². The average molecular weight is 238 g/mol. The molecular formula is C9H14N6O2. The summed E-state index contributed by atoms with van der Waals surface area (Å²) in [5.41, 5.74) is 0.602. The van der Waals surface area contributed by atoms with Gasteiger partial charge in [0.15, 0.2) is 5.65 Å². The molecule has 0 aliphatic heterocycles.